The van der Waals surface area contributed by atoms with Crippen molar-refractivity contribution in [1.82, 2.24) is 15.6 Å². The third-order valence-corrected chi connectivity index (χ3v) is 3.45. The van der Waals surface area contributed by atoms with Crippen molar-refractivity contribution in [3.05, 3.63) is 15.6 Å². The first-order chi connectivity index (χ1) is 8.54. The van der Waals surface area contributed by atoms with Crippen LogP contribution in [0.3, 0.4) is 0 Å². The van der Waals surface area contributed by atoms with E-state index < -0.39 is 0 Å². The molecule has 1 amide bonds. The van der Waals surface area contributed by atoms with Crippen molar-refractivity contribution in [2.45, 2.75) is 26.8 Å². The van der Waals surface area contributed by atoms with Gasteiger partial charge in [0.1, 0.15) is 0 Å². The van der Waals surface area contributed by atoms with E-state index in [2.05, 4.69) is 22.5 Å². The van der Waals surface area contributed by atoms with E-state index in [9.17, 15) is 4.79 Å². The van der Waals surface area contributed by atoms with Gasteiger partial charge in [-0.05, 0) is 20.8 Å². The first kappa shape index (κ1) is 15.1. The van der Waals surface area contributed by atoms with Gasteiger partial charge in [0, 0.05) is 24.6 Å². The van der Waals surface area contributed by atoms with Crippen LogP contribution in [0.4, 0.5) is 0 Å². The fourth-order valence-corrected chi connectivity index (χ4v) is 2.56. The van der Waals surface area contributed by atoms with Crippen LogP contribution in [0.2, 0.25) is 0 Å². The van der Waals surface area contributed by atoms with Crippen LogP contribution in [0.15, 0.2) is 0 Å². The molecular weight excluding hydrogens is 250 g/mol. The second-order valence-corrected chi connectivity index (χ2v) is 5.53. The average molecular weight is 271 g/mol. The Balaban J connectivity index is 2.34. The number of rotatable bonds is 7. The van der Waals surface area contributed by atoms with Crippen molar-refractivity contribution in [2.24, 2.45) is 0 Å². The van der Waals surface area contributed by atoms with E-state index in [0.717, 1.165) is 10.7 Å². The molecule has 6 heteroatoms. The van der Waals surface area contributed by atoms with Crippen molar-refractivity contribution < 1.29 is 9.53 Å². The molecular formula is C12H21N3O2S. The number of nitrogens with zero attached hydrogens (tertiary/aromatic N) is 1. The monoisotopic (exact) mass is 271 g/mol. The maximum Gasteiger partial charge on any atom is 0.234 e. The molecule has 1 heterocycles. The zero-order valence-corrected chi connectivity index (χ0v) is 12.2. The Morgan fingerprint density at radius 3 is 2.78 bits per heavy atom. The first-order valence-electron chi connectivity index (χ1n) is 5.97. The van der Waals surface area contributed by atoms with Crippen LogP contribution in [0.25, 0.3) is 0 Å². The minimum Gasteiger partial charge on any atom is -0.383 e. The highest BCUT2D eigenvalue weighted by Gasteiger charge is 2.13. The number of aryl methyl sites for hydroxylation is 2. The third-order valence-electron chi connectivity index (χ3n) is 2.55. The van der Waals surface area contributed by atoms with E-state index in [1.807, 2.05) is 13.8 Å². The molecule has 0 spiro atoms. The summed E-state index contributed by atoms with van der Waals surface area (Å²) in [6, 6.07) is 0.0862. The molecule has 0 bridgehead atoms. The third kappa shape index (κ3) is 4.72. The summed E-state index contributed by atoms with van der Waals surface area (Å²) in [5.41, 5.74) is 1.03. The van der Waals surface area contributed by atoms with E-state index in [0.29, 0.717) is 19.7 Å². The topological polar surface area (TPSA) is 63.2 Å². The molecule has 1 aromatic rings. The number of hydrogen-bond acceptors (Lipinski definition) is 5. The number of aromatic nitrogens is 1. The second-order valence-electron chi connectivity index (χ2n) is 4.12. The highest BCUT2D eigenvalue weighted by atomic mass is 32.1. The van der Waals surface area contributed by atoms with E-state index in [1.165, 1.54) is 4.88 Å². The molecule has 1 rings (SSSR count). The van der Waals surface area contributed by atoms with E-state index in [4.69, 9.17) is 4.74 Å². The van der Waals surface area contributed by atoms with Crippen LogP contribution < -0.4 is 10.6 Å². The van der Waals surface area contributed by atoms with Crippen molar-refractivity contribution >= 4 is 17.2 Å². The lowest BCUT2D eigenvalue weighted by molar-refractivity contribution is -0.120. The molecule has 1 atom stereocenters. The van der Waals surface area contributed by atoms with Crippen LogP contribution in [-0.4, -0.2) is 37.7 Å². The summed E-state index contributed by atoms with van der Waals surface area (Å²) in [5, 5.41) is 6.99. The van der Waals surface area contributed by atoms with Gasteiger partial charge < -0.3 is 15.4 Å². The molecule has 0 aliphatic carbocycles. The molecule has 0 aromatic carbocycles. The molecule has 0 aliphatic heterocycles. The summed E-state index contributed by atoms with van der Waals surface area (Å²) >= 11 is 1.68. The number of carbonyl (C=O) groups is 1. The number of nitrogens with one attached hydrogen (secondary N) is 2. The Labute approximate surface area is 112 Å². The molecule has 1 unspecified atom stereocenters. The molecule has 18 heavy (non-hydrogen) atoms. The van der Waals surface area contributed by atoms with Crippen molar-refractivity contribution in [3.63, 3.8) is 0 Å². The van der Waals surface area contributed by atoms with E-state index >= 15 is 0 Å². The minimum absolute atomic E-state index is 0.0245. The Bertz CT molecular complexity index is 393. The molecule has 0 saturated heterocycles. The van der Waals surface area contributed by atoms with E-state index in [-0.39, 0.29) is 11.9 Å². The summed E-state index contributed by atoms with van der Waals surface area (Å²) in [6.45, 7) is 7.43. The lowest BCUT2D eigenvalue weighted by atomic mass is 10.2. The SMILES string of the molecule is COCCNC(=O)CNC(C)c1nc(C)sc1C. The first-order valence-corrected chi connectivity index (χ1v) is 6.79. The quantitative estimate of drug-likeness (QED) is 0.731. The molecule has 2 N–H and O–H groups in total. The van der Waals surface area contributed by atoms with Gasteiger partial charge in [-0.3, -0.25) is 4.79 Å². The standard InChI is InChI=1S/C12H21N3O2S/c1-8(12-9(2)18-10(3)15-12)14-7-11(16)13-5-6-17-4/h8,14H,5-7H2,1-4H3,(H,13,16). The number of hydrogen-bond donors (Lipinski definition) is 2. The lowest BCUT2D eigenvalue weighted by Crippen LogP contribution is -2.36. The van der Waals surface area contributed by atoms with E-state index in [1.54, 1.807) is 18.4 Å². The molecule has 0 saturated carbocycles. The predicted octanol–water partition coefficient (Wildman–Crippen LogP) is 1.17. The van der Waals surface area contributed by atoms with Gasteiger partial charge in [0.15, 0.2) is 0 Å². The van der Waals surface area contributed by atoms with Crippen LogP contribution >= 0.6 is 11.3 Å². The van der Waals surface area contributed by atoms with Gasteiger partial charge in [-0.2, -0.15) is 0 Å². The smallest absolute Gasteiger partial charge is 0.234 e. The molecule has 1 aromatic heterocycles. The average Bonchev–Trinajstić information content (AvgIpc) is 2.66. The van der Waals surface area contributed by atoms with Crippen LogP contribution in [-0.2, 0) is 9.53 Å². The summed E-state index contributed by atoms with van der Waals surface area (Å²) in [6.07, 6.45) is 0. The number of carbonyl (C=O) groups excluding carboxylic acids is 1. The highest BCUT2D eigenvalue weighted by Crippen LogP contribution is 2.21. The van der Waals surface area contributed by atoms with Gasteiger partial charge in [-0.1, -0.05) is 0 Å². The summed E-state index contributed by atoms with van der Waals surface area (Å²) in [5.74, 6) is -0.0245. The second kappa shape index (κ2) is 7.45. The predicted molar refractivity (Wildman–Crippen MR) is 72.9 cm³/mol. The largest absolute Gasteiger partial charge is 0.383 e. The molecule has 0 aliphatic rings. The Kier molecular flexibility index (Phi) is 6.24. The normalized spacial score (nSPS) is 12.4. The summed E-state index contributed by atoms with van der Waals surface area (Å²) < 4.78 is 4.86. The Hall–Kier alpha value is -0.980. The number of methoxy groups -OCH3 is 1. The minimum atomic E-state index is -0.0245. The fraction of sp³-hybridized carbons (Fsp3) is 0.667. The van der Waals surface area contributed by atoms with Crippen molar-refractivity contribution in [3.8, 4) is 0 Å². The fourth-order valence-electron chi connectivity index (χ4n) is 1.64. The number of amides is 1. The van der Waals surface area contributed by atoms with Crippen molar-refractivity contribution in [2.75, 3.05) is 26.8 Å². The van der Waals surface area contributed by atoms with Gasteiger partial charge >= 0.3 is 0 Å². The van der Waals surface area contributed by atoms with Gasteiger partial charge in [-0.25, -0.2) is 4.98 Å². The summed E-state index contributed by atoms with van der Waals surface area (Å²) in [4.78, 5) is 17.2. The Morgan fingerprint density at radius 1 is 1.50 bits per heavy atom. The maximum absolute atomic E-state index is 11.5. The molecule has 102 valence electrons. The maximum atomic E-state index is 11.5. The summed E-state index contributed by atoms with van der Waals surface area (Å²) in [7, 11) is 1.61. The highest BCUT2D eigenvalue weighted by molar-refractivity contribution is 7.11. The zero-order chi connectivity index (χ0) is 13.5. The molecule has 0 fully saturated rings. The van der Waals surface area contributed by atoms with Gasteiger partial charge in [0.25, 0.3) is 0 Å². The zero-order valence-electron chi connectivity index (χ0n) is 11.4. The Morgan fingerprint density at radius 2 is 2.22 bits per heavy atom. The molecule has 0 radical (unpaired) electrons. The van der Waals surface area contributed by atoms with Crippen LogP contribution in [0, 0.1) is 13.8 Å². The van der Waals surface area contributed by atoms with Gasteiger partial charge in [-0.15, -0.1) is 11.3 Å². The number of ether oxygens (including phenoxy) is 1. The number of thiazole rings is 1. The molecule has 5 nitrogen and oxygen atoms in total. The van der Waals surface area contributed by atoms with Crippen LogP contribution in [0.5, 0.6) is 0 Å². The van der Waals surface area contributed by atoms with Crippen molar-refractivity contribution in [1.29, 1.82) is 0 Å². The van der Waals surface area contributed by atoms with Gasteiger partial charge in [0.2, 0.25) is 5.91 Å². The van der Waals surface area contributed by atoms with Crippen LogP contribution in [0.1, 0.15) is 28.5 Å². The lowest BCUT2D eigenvalue weighted by Gasteiger charge is -2.12. The van der Waals surface area contributed by atoms with Gasteiger partial charge in [0.05, 0.1) is 23.9 Å².